The van der Waals surface area contributed by atoms with Gasteiger partial charge in [0.2, 0.25) is 0 Å². The molecule has 2 aromatic rings. The third-order valence-corrected chi connectivity index (χ3v) is 3.53. The molecule has 0 aromatic heterocycles. The van der Waals surface area contributed by atoms with Crippen LogP contribution in [0.5, 0.6) is 11.5 Å². The van der Waals surface area contributed by atoms with E-state index in [1.807, 2.05) is 0 Å². The molecule has 0 radical (unpaired) electrons. The lowest BCUT2D eigenvalue weighted by molar-refractivity contribution is 0.0474. The van der Waals surface area contributed by atoms with Crippen molar-refractivity contribution >= 4 is 27.7 Å². The summed E-state index contributed by atoms with van der Waals surface area (Å²) in [5.74, 6) is -0.287. The summed E-state index contributed by atoms with van der Waals surface area (Å²) in [5, 5.41) is 9.15. The van der Waals surface area contributed by atoms with Crippen molar-refractivity contribution in [2.75, 3.05) is 13.7 Å². The quantitative estimate of drug-likeness (QED) is 0.651. The number of phenolic OH excluding ortho intramolecular Hbond substituents is 1. The highest BCUT2D eigenvalue weighted by Crippen LogP contribution is 2.25. The average Bonchev–Trinajstić information content (AvgIpc) is 2.52. The third kappa shape index (κ3) is 3.85. The second-order valence-corrected chi connectivity index (χ2v) is 5.25. The normalized spacial score (nSPS) is 10.1. The van der Waals surface area contributed by atoms with Crippen molar-refractivity contribution in [3.05, 3.63) is 58.1 Å². The molecule has 0 fully saturated rings. The minimum absolute atomic E-state index is 0.0516. The maximum Gasteiger partial charge on any atom is 0.338 e. The summed E-state index contributed by atoms with van der Waals surface area (Å²) in [5.41, 5.74) is 0.674. The average molecular weight is 365 g/mol. The van der Waals surface area contributed by atoms with Crippen LogP contribution in [0.2, 0.25) is 0 Å². The third-order valence-electron chi connectivity index (χ3n) is 2.91. The smallest absolute Gasteiger partial charge is 0.338 e. The lowest BCUT2D eigenvalue weighted by Crippen LogP contribution is -2.14. The largest absolute Gasteiger partial charge is 0.508 e. The van der Waals surface area contributed by atoms with E-state index >= 15 is 0 Å². The van der Waals surface area contributed by atoms with Crippen LogP contribution >= 0.6 is 15.9 Å². The molecule has 6 heteroatoms. The molecule has 0 aliphatic rings. The number of carbonyl (C=O) groups is 2. The molecule has 114 valence electrons. The second kappa shape index (κ2) is 7.09. The van der Waals surface area contributed by atoms with Gasteiger partial charge in [0.25, 0.3) is 0 Å². The first-order valence-corrected chi connectivity index (χ1v) is 7.13. The van der Waals surface area contributed by atoms with Gasteiger partial charge in [-0.1, -0.05) is 0 Å². The molecule has 0 saturated heterocycles. The summed E-state index contributed by atoms with van der Waals surface area (Å²) in [6.07, 6.45) is 0. The predicted octanol–water partition coefficient (Wildman–Crippen LogP) is 3.20. The molecule has 2 rings (SSSR count). The molecule has 22 heavy (non-hydrogen) atoms. The number of hydrogen-bond acceptors (Lipinski definition) is 5. The number of ketones is 1. The zero-order chi connectivity index (χ0) is 16.1. The van der Waals surface area contributed by atoms with Crippen LogP contribution in [0.1, 0.15) is 20.7 Å². The van der Waals surface area contributed by atoms with Gasteiger partial charge in [-0.3, -0.25) is 4.79 Å². The molecular formula is C16H13BrO5. The summed E-state index contributed by atoms with van der Waals surface area (Å²) in [6, 6.07) is 10.4. The van der Waals surface area contributed by atoms with E-state index in [0.29, 0.717) is 15.8 Å². The van der Waals surface area contributed by atoms with Crippen LogP contribution in [-0.4, -0.2) is 30.6 Å². The van der Waals surface area contributed by atoms with Crippen molar-refractivity contribution in [1.82, 2.24) is 0 Å². The van der Waals surface area contributed by atoms with E-state index in [1.165, 1.54) is 31.4 Å². The number of benzene rings is 2. The van der Waals surface area contributed by atoms with E-state index in [9.17, 15) is 9.59 Å². The fraction of sp³-hybridized carbons (Fsp3) is 0.125. The maximum atomic E-state index is 12.0. The summed E-state index contributed by atoms with van der Waals surface area (Å²) in [6.45, 7) is -0.363. The van der Waals surface area contributed by atoms with Crippen LogP contribution < -0.4 is 4.74 Å². The van der Waals surface area contributed by atoms with Crippen LogP contribution in [-0.2, 0) is 4.74 Å². The minimum atomic E-state index is -0.624. The van der Waals surface area contributed by atoms with Gasteiger partial charge in [0.1, 0.15) is 11.5 Å². The van der Waals surface area contributed by atoms with Crippen molar-refractivity contribution in [2.45, 2.75) is 0 Å². The van der Waals surface area contributed by atoms with E-state index in [0.717, 1.165) is 0 Å². The first-order chi connectivity index (χ1) is 10.5. The highest BCUT2D eigenvalue weighted by Gasteiger charge is 2.13. The Hall–Kier alpha value is -2.34. The predicted molar refractivity (Wildman–Crippen MR) is 83.4 cm³/mol. The molecule has 0 bridgehead atoms. The van der Waals surface area contributed by atoms with E-state index < -0.39 is 5.97 Å². The van der Waals surface area contributed by atoms with Gasteiger partial charge in [-0.05, 0) is 58.4 Å². The Balaban J connectivity index is 1.99. The lowest BCUT2D eigenvalue weighted by Gasteiger charge is -2.07. The lowest BCUT2D eigenvalue weighted by atomic mass is 10.1. The molecule has 0 saturated carbocycles. The van der Waals surface area contributed by atoms with Gasteiger partial charge in [0.15, 0.2) is 12.4 Å². The number of phenols is 1. The van der Waals surface area contributed by atoms with Crippen molar-refractivity contribution in [1.29, 1.82) is 0 Å². The minimum Gasteiger partial charge on any atom is -0.508 e. The maximum absolute atomic E-state index is 12.0. The number of aromatic hydroxyl groups is 1. The number of Topliss-reactive ketones (excluding diaryl/α,β-unsaturated/α-hetero) is 1. The summed E-state index contributed by atoms with van der Waals surface area (Å²) in [7, 11) is 1.53. The molecule has 0 heterocycles. The first kappa shape index (κ1) is 16.0. The van der Waals surface area contributed by atoms with Crippen LogP contribution in [0.4, 0.5) is 0 Å². The van der Waals surface area contributed by atoms with Gasteiger partial charge < -0.3 is 14.6 Å². The van der Waals surface area contributed by atoms with Crippen LogP contribution in [0.15, 0.2) is 46.9 Å². The Bertz CT molecular complexity index is 694. The van der Waals surface area contributed by atoms with Crippen molar-refractivity contribution in [2.24, 2.45) is 0 Å². The molecule has 0 aliphatic heterocycles. The highest BCUT2D eigenvalue weighted by atomic mass is 79.9. The number of hydrogen-bond donors (Lipinski definition) is 1. The van der Waals surface area contributed by atoms with E-state index in [1.54, 1.807) is 18.2 Å². The Morgan fingerprint density at radius 1 is 1.09 bits per heavy atom. The number of rotatable bonds is 5. The fourth-order valence-corrected chi connectivity index (χ4v) is 2.28. The number of carbonyl (C=O) groups excluding carboxylic acids is 2. The zero-order valence-corrected chi connectivity index (χ0v) is 13.3. The molecule has 0 amide bonds. The van der Waals surface area contributed by atoms with E-state index in [4.69, 9.17) is 14.6 Å². The Kier molecular flexibility index (Phi) is 5.16. The molecule has 1 N–H and O–H groups in total. The summed E-state index contributed by atoms with van der Waals surface area (Å²) in [4.78, 5) is 23.8. The van der Waals surface area contributed by atoms with Crippen molar-refractivity contribution in [3.63, 3.8) is 0 Å². The first-order valence-electron chi connectivity index (χ1n) is 6.34. The topological polar surface area (TPSA) is 72.8 Å². The molecule has 5 nitrogen and oxygen atoms in total. The van der Waals surface area contributed by atoms with Gasteiger partial charge in [0.05, 0.1) is 17.1 Å². The van der Waals surface area contributed by atoms with Gasteiger partial charge in [-0.2, -0.15) is 0 Å². The second-order valence-electron chi connectivity index (χ2n) is 4.40. The Morgan fingerprint density at radius 2 is 1.73 bits per heavy atom. The van der Waals surface area contributed by atoms with E-state index in [-0.39, 0.29) is 23.7 Å². The summed E-state index contributed by atoms with van der Waals surface area (Å²) >= 11 is 3.29. The van der Waals surface area contributed by atoms with Gasteiger partial charge in [-0.15, -0.1) is 0 Å². The fourth-order valence-electron chi connectivity index (χ4n) is 1.74. The van der Waals surface area contributed by atoms with Gasteiger partial charge in [0, 0.05) is 5.56 Å². The van der Waals surface area contributed by atoms with Gasteiger partial charge >= 0.3 is 5.97 Å². The number of methoxy groups -OCH3 is 1. The SMILES string of the molecule is COc1ccc(C(=O)COC(=O)c2ccc(O)cc2)cc1Br. The van der Waals surface area contributed by atoms with E-state index in [2.05, 4.69) is 15.9 Å². The standard InChI is InChI=1S/C16H13BrO5/c1-21-15-7-4-11(8-13(15)17)14(19)9-22-16(20)10-2-5-12(18)6-3-10/h2-8,18H,9H2,1H3. The van der Waals surface area contributed by atoms with Gasteiger partial charge in [-0.25, -0.2) is 4.79 Å². The number of esters is 1. The van der Waals surface area contributed by atoms with Crippen LogP contribution in [0.25, 0.3) is 0 Å². The van der Waals surface area contributed by atoms with Crippen molar-refractivity contribution < 1.29 is 24.2 Å². The molecule has 0 spiro atoms. The number of ether oxygens (including phenoxy) is 2. The highest BCUT2D eigenvalue weighted by molar-refractivity contribution is 9.10. The Labute approximate surface area is 135 Å². The molecular weight excluding hydrogens is 352 g/mol. The van der Waals surface area contributed by atoms with Crippen LogP contribution in [0.3, 0.4) is 0 Å². The van der Waals surface area contributed by atoms with Crippen LogP contribution in [0, 0.1) is 0 Å². The molecule has 2 aromatic carbocycles. The molecule has 0 atom stereocenters. The monoisotopic (exact) mass is 364 g/mol. The molecule has 0 aliphatic carbocycles. The zero-order valence-electron chi connectivity index (χ0n) is 11.7. The number of halogens is 1. The summed E-state index contributed by atoms with van der Waals surface area (Å²) < 4.78 is 10.7. The Morgan fingerprint density at radius 3 is 2.32 bits per heavy atom. The molecule has 0 unspecified atom stereocenters. The van der Waals surface area contributed by atoms with Crippen molar-refractivity contribution in [3.8, 4) is 11.5 Å².